The number of hydrogen-bond acceptors (Lipinski definition) is 8. The van der Waals surface area contributed by atoms with Crippen molar-refractivity contribution in [3.05, 3.63) is 0 Å². The molecule has 0 bridgehead atoms. The molecular formula is C18H30O8. The van der Waals surface area contributed by atoms with E-state index in [-0.39, 0.29) is 38.5 Å². The summed E-state index contributed by atoms with van der Waals surface area (Å²) in [4.78, 5) is 45.8. The molecule has 8 heteroatoms. The highest BCUT2D eigenvalue weighted by Crippen LogP contribution is 2.08. The van der Waals surface area contributed by atoms with Gasteiger partial charge in [-0.05, 0) is 25.7 Å². The summed E-state index contributed by atoms with van der Waals surface area (Å²) < 4.78 is 9.04. The Hall–Kier alpha value is -1.80. The number of unbranched alkanes of at least 4 members (excludes halogenated alkanes) is 3. The van der Waals surface area contributed by atoms with Crippen LogP contribution in [0.25, 0.3) is 0 Å². The van der Waals surface area contributed by atoms with Crippen LogP contribution in [0.1, 0.15) is 78.1 Å². The summed E-state index contributed by atoms with van der Waals surface area (Å²) in [6, 6.07) is 0. The van der Waals surface area contributed by atoms with Gasteiger partial charge in [-0.2, -0.15) is 0 Å². The highest BCUT2D eigenvalue weighted by Gasteiger charge is 2.21. The summed E-state index contributed by atoms with van der Waals surface area (Å²) in [6.07, 6.45) is 1.14. The molecule has 0 aromatic heterocycles. The summed E-state index contributed by atoms with van der Waals surface area (Å²) in [5, 5.41) is 19.0. The minimum Gasteiger partial charge on any atom is -0.391 e. The molecule has 0 amide bonds. The number of hydrogen-bond donors (Lipinski definition) is 2. The number of carbonyl (C=O) groups excluding carboxylic acids is 4. The fourth-order valence-electron chi connectivity index (χ4n) is 2.03. The molecule has 0 fully saturated rings. The second-order valence-corrected chi connectivity index (χ2v) is 6.11. The Labute approximate surface area is 153 Å². The first-order valence-corrected chi connectivity index (χ1v) is 9.16. The van der Waals surface area contributed by atoms with Crippen molar-refractivity contribution < 1.29 is 38.9 Å². The Morgan fingerprint density at radius 1 is 0.692 bits per heavy atom. The zero-order chi connectivity index (χ0) is 19.9. The normalized spacial score (nSPS) is 12.9. The summed E-state index contributed by atoms with van der Waals surface area (Å²) in [7, 11) is 0. The van der Waals surface area contributed by atoms with Crippen molar-refractivity contribution in [1.82, 2.24) is 0 Å². The largest absolute Gasteiger partial charge is 0.391 e. The van der Waals surface area contributed by atoms with E-state index in [9.17, 15) is 29.4 Å². The zero-order valence-corrected chi connectivity index (χ0v) is 15.6. The molecule has 0 aromatic rings. The minimum absolute atomic E-state index is 0.0907. The molecule has 0 radical (unpaired) electrons. The van der Waals surface area contributed by atoms with Gasteiger partial charge in [0.15, 0.2) is 12.2 Å². The Balaban J connectivity index is 3.90. The molecule has 0 heterocycles. The van der Waals surface area contributed by atoms with Crippen molar-refractivity contribution in [2.75, 3.05) is 0 Å². The van der Waals surface area contributed by atoms with Crippen molar-refractivity contribution in [1.29, 1.82) is 0 Å². The molecule has 0 aliphatic heterocycles. The maximum atomic E-state index is 11.5. The van der Waals surface area contributed by atoms with Gasteiger partial charge >= 0.3 is 23.9 Å². The van der Waals surface area contributed by atoms with E-state index in [2.05, 4.69) is 9.47 Å². The Bertz CT molecular complexity index is 418. The van der Waals surface area contributed by atoms with E-state index in [0.29, 0.717) is 12.8 Å². The number of rotatable bonds is 13. The average molecular weight is 374 g/mol. The van der Waals surface area contributed by atoms with E-state index in [1.165, 1.54) is 0 Å². The minimum atomic E-state index is -1.31. The average Bonchev–Trinajstić information content (AvgIpc) is 2.60. The lowest BCUT2D eigenvalue weighted by Crippen LogP contribution is -2.26. The van der Waals surface area contributed by atoms with Crippen LogP contribution in [0.4, 0.5) is 0 Å². The van der Waals surface area contributed by atoms with Gasteiger partial charge in [-0.25, -0.2) is 9.59 Å². The Morgan fingerprint density at radius 3 is 1.35 bits per heavy atom. The monoisotopic (exact) mass is 374 g/mol. The predicted molar refractivity (Wildman–Crippen MR) is 91.7 cm³/mol. The number of aliphatic hydroxyl groups excluding tert-OH is 2. The maximum absolute atomic E-state index is 11.5. The van der Waals surface area contributed by atoms with Crippen LogP contribution < -0.4 is 0 Å². The molecule has 0 saturated heterocycles. The lowest BCUT2D eigenvalue weighted by atomic mass is 10.1. The van der Waals surface area contributed by atoms with Gasteiger partial charge in [0.05, 0.1) is 0 Å². The smallest absolute Gasteiger partial charge is 0.342 e. The Morgan fingerprint density at radius 2 is 1.04 bits per heavy atom. The molecular weight excluding hydrogens is 344 g/mol. The maximum Gasteiger partial charge on any atom is 0.342 e. The third-order valence-electron chi connectivity index (χ3n) is 3.65. The van der Waals surface area contributed by atoms with Crippen LogP contribution in [0.2, 0.25) is 0 Å². The number of carbonyl (C=O) groups is 4. The molecule has 0 aliphatic rings. The predicted octanol–water partition coefficient (Wildman–Crippen LogP) is 1.79. The van der Waals surface area contributed by atoms with E-state index in [0.717, 1.165) is 12.8 Å². The van der Waals surface area contributed by atoms with Gasteiger partial charge in [-0.3, -0.25) is 9.59 Å². The van der Waals surface area contributed by atoms with Crippen LogP contribution in [-0.2, 0) is 28.7 Å². The highest BCUT2D eigenvalue weighted by atomic mass is 16.6. The molecule has 2 N–H and O–H groups in total. The molecule has 0 aliphatic carbocycles. The van der Waals surface area contributed by atoms with E-state index >= 15 is 0 Å². The zero-order valence-electron chi connectivity index (χ0n) is 15.6. The van der Waals surface area contributed by atoms with E-state index in [1.54, 1.807) is 0 Å². The van der Waals surface area contributed by atoms with Crippen LogP contribution in [0, 0.1) is 0 Å². The molecule has 0 rings (SSSR count). The summed E-state index contributed by atoms with van der Waals surface area (Å²) in [5.41, 5.74) is 0. The van der Waals surface area contributed by atoms with Gasteiger partial charge in [-0.1, -0.05) is 39.5 Å². The molecule has 0 spiro atoms. The lowest BCUT2D eigenvalue weighted by molar-refractivity contribution is -0.168. The first-order valence-electron chi connectivity index (χ1n) is 9.16. The van der Waals surface area contributed by atoms with Crippen molar-refractivity contribution in [3.8, 4) is 0 Å². The topological polar surface area (TPSA) is 127 Å². The van der Waals surface area contributed by atoms with Gasteiger partial charge < -0.3 is 19.7 Å². The molecule has 0 aromatic carbocycles. The first-order chi connectivity index (χ1) is 12.3. The van der Waals surface area contributed by atoms with Crippen molar-refractivity contribution in [2.45, 2.75) is 90.3 Å². The Kier molecular flexibility index (Phi) is 13.4. The number of ether oxygens (including phenoxy) is 2. The van der Waals surface area contributed by atoms with Crippen LogP contribution in [0.15, 0.2) is 0 Å². The standard InChI is InChI=1S/C18H30O8/c1-3-5-9-13(19)17(23)25-15(21)11-7-8-12-16(22)26-18(24)14(20)10-6-4-2/h13-14,19-20H,3-12H2,1-2H3. The van der Waals surface area contributed by atoms with Crippen molar-refractivity contribution >= 4 is 23.9 Å². The van der Waals surface area contributed by atoms with Crippen molar-refractivity contribution in [2.24, 2.45) is 0 Å². The molecule has 2 atom stereocenters. The van der Waals surface area contributed by atoms with Gasteiger partial charge in [0.1, 0.15) is 0 Å². The molecule has 2 unspecified atom stereocenters. The second kappa shape index (κ2) is 14.4. The molecule has 0 saturated carbocycles. The fourth-order valence-corrected chi connectivity index (χ4v) is 2.03. The van der Waals surface area contributed by atoms with E-state index < -0.39 is 36.1 Å². The fraction of sp³-hybridized carbons (Fsp3) is 0.778. The van der Waals surface area contributed by atoms with Crippen LogP contribution >= 0.6 is 0 Å². The summed E-state index contributed by atoms with van der Waals surface area (Å²) in [5.74, 6) is -3.47. The number of aliphatic hydroxyl groups is 2. The van der Waals surface area contributed by atoms with E-state index in [4.69, 9.17) is 0 Å². The van der Waals surface area contributed by atoms with Gasteiger partial charge in [0.2, 0.25) is 0 Å². The van der Waals surface area contributed by atoms with Gasteiger partial charge in [-0.15, -0.1) is 0 Å². The first kappa shape index (κ1) is 24.2. The molecule has 150 valence electrons. The van der Waals surface area contributed by atoms with Crippen molar-refractivity contribution in [3.63, 3.8) is 0 Å². The summed E-state index contributed by atoms with van der Waals surface area (Å²) in [6.45, 7) is 3.82. The lowest BCUT2D eigenvalue weighted by Gasteiger charge is -2.09. The molecule has 8 nitrogen and oxygen atoms in total. The molecule has 26 heavy (non-hydrogen) atoms. The third-order valence-corrected chi connectivity index (χ3v) is 3.65. The van der Waals surface area contributed by atoms with Gasteiger partial charge in [0.25, 0.3) is 0 Å². The quantitative estimate of drug-likeness (QED) is 0.284. The number of esters is 4. The second-order valence-electron chi connectivity index (χ2n) is 6.11. The van der Waals surface area contributed by atoms with Gasteiger partial charge in [0, 0.05) is 12.8 Å². The SMILES string of the molecule is CCCCC(O)C(=O)OC(=O)CCCCC(=O)OC(=O)C(O)CCCC. The summed E-state index contributed by atoms with van der Waals surface area (Å²) >= 11 is 0. The van der Waals surface area contributed by atoms with E-state index in [1.807, 2.05) is 13.8 Å². The van der Waals surface area contributed by atoms with Crippen LogP contribution in [-0.4, -0.2) is 46.3 Å². The van der Waals surface area contributed by atoms with Crippen LogP contribution in [0.3, 0.4) is 0 Å². The van der Waals surface area contributed by atoms with Crippen LogP contribution in [0.5, 0.6) is 0 Å². The third kappa shape index (κ3) is 11.7. The highest BCUT2D eigenvalue weighted by molar-refractivity contribution is 5.88.